The molecule has 1 saturated heterocycles. The van der Waals surface area contributed by atoms with Crippen LogP contribution in [0, 0.1) is 0 Å². The molecule has 27 heavy (non-hydrogen) atoms. The van der Waals surface area contributed by atoms with Crippen LogP contribution >= 0.6 is 0 Å². The zero-order valence-corrected chi connectivity index (χ0v) is 15.0. The number of benzene rings is 1. The normalized spacial score (nSPS) is 15.0. The van der Waals surface area contributed by atoms with Crippen molar-refractivity contribution in [3.8, 4) is 0 Å². The van der Waals surface area contributed by atoms with E-state index in [1.54, 1.807) is 25.8 Å². The van der Waals surface area contributed by atoms with Crippen LogP contribution in [0.2, 0.25) is 0 Å². The average Bonchev–Trinajstić information content (AvgIpc) is 3.20. The van der Waals surface area contributed by atoms with Gasteiger partial charge in [0.15, 0.2) is 5.82 Å². The molecule has 1 aliphatic rings. The van der Waals surface area contributed by atoms with E-state index in [0.29, 0.717) is 5.39 Å². The molecular weight excluding hydrogens is 342 g/mol. The van der Waals surface area contributed by atoms with Gasteiger partial charge in [-0.15, -0.1) is 0 Å². The molecule has 136 valence electrons. The van der Waals surface area contributed by atoms with Gasteiger partial charge in [-0.25, -0.2) is 14.5 Å². The third kappa shape index (κ3) is 2.61. The van der Waals surface area contributed by atoms with Crippen LogP contribution in [0.1, 0.15) is 0 Å². The molecule has 4 heterocycles. The summed E-state index contributed by atoms with van der Waals surface area (Å²) < 4.78 is 3.36. The van der Waals surface area contributed by atoms with Gasteiger partial charge in [0.2, 0.25) is 0 Å². The predicted molar refractivity (Wildman–Crippen MR) is 104 cm³/mol. The molecular formula is C19H19N7O. The Balaban J connectivity index is 1.39. The first-order valence-electron chi connectivity index (χ1n) is 8.94. The Labute approximate surface area is 155 Å². The minimum Gasteiger partial charge on any atom is -0.368 e. The lowest BCUT2D eigenvalue weighted by atomic mass is 10.2. The van der Waals surface area contributed by atoms with Gasteiger partial charge in [0.1, 0.15) is 5.52 Å². The van der Waals surface area contributed by atoms with E-state index in [1.165, 1.54) is 4.57 Å². The Morgan fingerprint density at radius 1 is 0.963 bits per heavy atom. The molecule has 0 unspecified atom stereocenters. The fraction of sp³-hybridized carbons (Fsp3) is 0.263. The van der Waals surface area contributed by atoms with E-state index < -0.39 is 0 Å². The lowest BCUT2D eigenvalue weighted by molar-refractivity contribution is 0.647. The first-order valence-corrected chi connectivity index (χ1v) is 8.94. The van der Waals surface area contributed by atoms with Crippen molar-refractivity contribution in [3.63, 3.8) is 0 Å². The molecule has 0 bridgehead atoms. The van der Waals surface area contributed by atoms with E-state index in [0.717, 1.165) is 48.7 Å². The van der Waals surface area contributed by atoms with Crippen LogP contribution in [-0.2, 0) is 7.05 Å². The zero-order valence-electron chi connectivity index (χ0n) is 15.0. The van der Waals surface area contributed by atoms with Crippen molar-refractivity contribution in [1.82, 2.24) is 24.1 Å². The van der Waals surface area contributed by atoms with Gasteiger partial charge in [0, 0.05) is 51.3 Å². The molecule has 0 amide bonds. The molecule has 1 aliphatic heterocycles. The average molecular weight is 361 g/mol. The standard InChI is InChI=1S/C19H19N7O/c1-23-13-21-16-12-14(2-3-15(16)19(23)27)24-8-10-25(11-9-24)18-17-4-5-22-26(17)7-6-20-18/h2-7,12-13H,8-11H2,1H3. The van der Waals surface area contributed by atoms with Gasteiger partial charge in [-0.05, 0) is 24.3 Å². The number of piperazine rings is 1. The highest BCUT2D eigenvalue weighted by Gasteiger charge is 2.20. The highest BCUT2D eigenvalue weighted by molar-refractivity contribution is 5.81. The quantitative estimate of drug-likeness (QED) is 0.536. The van der Waals surface area contributed by atoms with Gasteiger partial charge in [-0.2, -0.15) is 5.10 Å². The molecule has 0 saturated carbocycles. The Bertz CT molecular complexity index is 1190. The van der Waals surface area contributed by atoms with Crippen LogP contribution in [0.4, 0.5) is 11.5 Å². The minimum atomic E-state index is -0.0173. The Hall–Kier alpha value is -3.42. The van der Waals surface area contributed by atoms with Crippen molar-refractivity contribution in [2.75, 3.05) is 36.0 Å². The molecule has 8 nitrogen and oxygen atoms in total. The number of nitrogens with zero attached hydrogens (tertiary/aromatic N) is 7. The highest BCUT2D eigenvalue weighted by atomic mass is 16.1. The summed E-state index contributed by atoms with van der Waals surface area (Å²) in [6.07, 6.45) is 7.02. The van der Waals surface area contributed by atoms with Crippen molar-refractivity contribution in [2.45, 2.75) is 0 Å². The fourth-order valence-corrected chi connectivity index (χ4v) is 3.66. The summed E-state index contributed by atoms with van der Waals surface area (Å²) in [4.78, 5) is 25.8. The maximum Gasteiger partial charge on any atom is 0.260 e. The van der Waals surface area contributed by atoms with Crippen LogP contribution in [0.5, 0.6) is 0 Å². The molecule has 0 spiro atoms. The second-order valence-corrected chi connectivity index (χ2v) is 6.75. The van der Waals surface area contributed by atoms with Crippen molar-refractivity contribution in [3.05, 3.63) is 59.5 Å². The van der Waals surface area contributed by atoms with Crippen LogP contribution < -0.4 is 15.4 Å². The highest BCUT2D eigenvalue weighted by Crippen LogP contribution is 2.24. The first-order chi connectivity index (χ1) is 13.2. The van der Waals surface area contributed by atoms with Gasteiger partial charge in [-0.1, -0.05) is 0 Å². The summed E-state index contributed by atoms with van der Waals surface area (Å²) in [5.74, 6) is 0.971. The Morgan fingerprint density at radius 2 is 1.78 bits per heavy atom. The smallest absolute Gasteiger partial charge is 0.260 e. The summed E-state index contributed by atoms with van der Waals surface area (Å²) >= 11 is 0. The largest absolute Gasteiger partial charge is 0.368 e. The van der Waals surface area contributed by atoms with E-state index in [4.69, 9.17) is 0 Å². The lowest BCUT2D eigenvalue weighted by Gasteiger charge is -2.36. The van der Waals surface area contributed by atoms with E-state index in [2.05, 4.69) is 24.9 Å². The molecule has 8 heteroatoms. The van der Waals surface area contributed by atoms with E-state index in [9.17, 15) is 4.79 Å². The number of rotatable bonds is 2. The monoisotopic (exact) mass is 361 g/mol. The first kappa shape index (κ1) is 15.8. The maximum absolute atomic E-state index is 12.2. The predicted octanol–water partition coefficient (Wildman–Crippen LogP) is 1.30. The molecule has 4 aromatic rings. The second-order valence-electron chi connectivity index (χ2n) is 6.75. The molecule has 0 N–H and O–H groups in total. The molecule has 5 rings (SSSR count). The summed E-state index contributed by atoms with van der Waals surface area (Å²) in [5.41, 5.74) is 2.84. The van der Waals surface area contributed by atoms with Gasteiger partial charge < -0.3 is 14.4 Å². The third-order valence-corrected chi connectivity index (χ3v) is 5.15. The van der Waals surface area contributed by atoms with Gasteiger partial charge in [0.25, 0.3) is 5.56 Å². The molecule has 3 aromatic heterocycles. The van der Waals surface area contributed by atoms with E-state index in [-0.39, 0.29) is 5.56 Å². The lowest BCUT2D eigenvalue weighted by Crippen LogP contribution is -2.47. The zero-order chi connectivity index (χ0) is 18.4. The number of hydrogen-bond donors (Lipinski definition) is 0. The SMILES string of the molecule is Cn1cnc2cc(N3CCN(c4nccn5nccc45)CC3)ccc2c1=O. The maximum atomic E-state index is 12.2. The van der Waals surface area contributed by atoms with Gasteiger partial charge in [0.05, 0.1) is 23.4 Å². The van der Waals surface area contributed by atoms with Crippen LogP contribution in [0.25, 0.3) is 16.4 Å². The molecule has 1 aromatic carbocycles. The Kier molecular flexibility index (Phi) is 3.56. The number of aryl methyl sites for hydroxylation is 1. The second kappa shape index (κ2) is 6.08. The van der Waals surface area contributed by atoms with E-state index >= 15 is 0 Å². The summed E-state index contributed by atoms with van der Waals surface area (Å²) in [5, 5.41) is 4.94. The van der Waals surface area contributed by atoms with Crippen LogP contribution in [0.3, 0.4) is 0 Å². The Morgan fingerprint density at radius 3 is 2.63 bits per heavy atom. The van der Waals surface area contributed by atoms with Crippen molar-refractivity contribution in [1.29, 1.82) is 0 Å². The molecule has 0 radical (unpaired) electrons. The van der Waals surface area contributed by atoms with E-state index in [1.807, 2.05) is 35.0 Å². The fourth-order valence-electron chi connectivity index (χ4n) is 3.66. The van der Waals surface area contributed by atoms with Crippen LogP contribution in [-0.4, -0.2) is 50.3 Å². The summed E-state index contributed by atoms with van der Waals surface area (Å²) in [6.45, 7) is 3.51. The number of anilines is 2. The number of aromatic nitrogens is 5. The van der Waals surface area contributed by atoms with Gasteiger partial charge in [-0.3, -0.25) is 4.79 Å². The van der Waals surface area contributed by atoms with Crippen molar-refractivity contribution >= 4 is 27.9 Å². The summed E-state index contributed by atoms with van der Waals surface area (Å²) in [6, 6.07) is 7.88. The minimum absolute atomic E-state index is 0.0173. The topological polar surface area (TPSA) is 71.6 Å². The van der Waals surface area contributed by atoms with Crippen molar-refractivity contribution < 1.29 is 0 Å². The number of fused-ring (bicyclic) bond motifs is 2. The number of hydrogen-bond acceptors (Lipinski definition) is 6. The van der Waals surface area contributed by atoms with Crippen molar-refractivity contribution in [2.24, 2.45) is 7.05 Å². The molecule has 0 atom stereocenters. The summed E-state index contributed by atoms with van der Waals surface area (Å²) in [7, 11) is 1.72. The molecule has 0 aliphatic carbocycles. The van der Waals surface area contributed by atoms with Crippen LogP contribution in [0.15, 0.2) is 54.0 Å². The third-order valence-electron chi connectivity index (χ3n) is 5.15. The molecule has 1 fully saturated rings. The van der Waals surface area contributed by atoms with Gasteiger partial charge >= 0.3 is 0 Å².